The van der Waals surface area contributed by atoms with Gasteiger partial charge in [0.05, 0.1) is 13.3 Å². The predicted molar refractivity (Wildman–Crippen MR) is 84.0 cm³/mol. The van der Waals surface area contributed by atoms with Gasteiger partial charge in [-0.1, -0.05) is 29.8 Å². The van der Waals surface area contributed by atoms with Crippen LogP contribution < -0.4 is 10.2 Å². The van der Waals surface area contributed by atoms with Gasteiger partial charge >= 0.3 is 0 Å². The van der Waals surface area contributed by atoms with Crippen molar-refractivity contribution in [3.63, 3.8) is 0 Å². The Balaban J connectivity index is 2.06. The van der Waals surface area contributed by atoms with E-state index >= 15 is 0 Å². The third kappa shape index (κ3) is 3.92. The number of methoxy groups -OCH3 is 1. The van der Waals surface area contributed by atoms with Crippen molar-refractivity contribution in [2.45, 2.75) is 13.8 Å². The van der Waals surface area contributed by atoms with E-state index in [0.717, 1.165) is 16.7 Å². The van der Waals surface area contributed by atoms with E-state index in [4.69, 9.17) is 4.74 Å². The first-order valence-electron chi connectivity index (χ1n) is 6.65. The van der Waals surface area contributed by atoms with Gasteiger partial charge in [0.15, 0.2) is 0 Å². The van der Waals surface area contributed by atoms with E-state index in [1.54, 1.807) is 37.6 Å². The third-order valence-corrected chi connectivity index (χ3v) is 3.14. The fourth-order valence-electron chi connectivity index (χ4n) is 1.89. The lowest BCUT2D eigenvalue weighted by molar-refractivity contribution is 0.0955. The van der Waals surface area contributed by atoms with Crippen molar-refractivity contribution < 1.29 is 9.53 Å². The third-order valence-electron chi connectivity index (χ3n) is 3.14. The first-order valence-corrected chi connectivity index (χ1v) is 6.65. The number of amides is 1. The molecule has 4 nitrogen and oxygen atoms in total. The second kappa shape index (κ2) is 6.70. The van der Waals surface area contributed by atoms with Crippen LogP contribution in [0.15, 0.2) is 47.6 Å². The molecule has 0 spiro atoms. The minimum atomic E-state index is -0.268. The summed E-state index contributed by atoms with van der Waals surface area (Å²) in [4.78, 5) is 12.0. The molecule has 2 rings (SSSR count). The summed E-state index contributed by atoms with van der Waals surface area (Å²) in [6.45, 7) is 4.02. The largest absolute Gasteiger partial charge is 0.497 e. The molecular weight excluding hydrogens is 264 g/mol. The van der Waals surface area contributed by atoms with Crippen LogP contribution in [0.4, 0.5) is 0 Å². The molecule has 0 aliphatic carbocycles. The van der Waals surface area contributed by atoms with Crippen molar-refractivity contribution in [3.8, 4) is 5.75 Å². The van der Waals surface area contributed by atoms with Crippen molar-refractivity contribution in [3.05, 3.63) is 64.7 Å². The molecule has 0 aromatic heterocycles. The molecule has 2 aromatic rings. The van der Waals surface area contributed by atoms with E-state index in [0.29, 0.717) is 11.3 Å². The summed E-state index contributed by atoms with van der Waals surface area (Å²) in [6, 6.07) is 13.0. The van der Waals surface area contributed by atoms with Gasteiger partial charge in [0, 0.05) is 5.56 Å². The van der Waals surface area contributed by atoms with E-state index in [1.165, 1.54) is 0 Å². The molecule has 0 fully saturated rings. The van der Waals surface area contributed by atoms with Crippen molar-refractivity contribution >= 4 is 12.1 Å². The summed E-state index contributed by atoms with van der Waals surface area (Å²) in [5.74, 6) is 0.372. The number of hydrogen-bond acceptors (Lipinski definition) is 3. The van der Waals surface area contributed by atoms with E-state index in [2.05, 4.69) is 10.5 Å². The number of benzene rings is 2. The monoisotopic (exact) mass is 282 g/mol. The van der Waals surface area contributed by atoms with Gasteiger partial charge < -0.3 is 4.74 Å². The molecule has 0 saturated heterocycles. The fourth-order valence-corrected chi connectivity index (χ4v) is 1.89. The molecule has 0 bridgehead atoms. The van der Waals surface area contributed by atoms with Gasteiger partial charge in [-0.25, -0.2) is 5.43 Å². The van der Waals surface area contributed by atoms with Crippen LogP contribution in [0.1, 0.15) is 27.0 Å². The molecule has 108 valence electrons. The van der Waals surface area contributed by atoms with E-state index < -0.39 is 0 Å². The minimum absolute atomic E-state index is 0.268. The highest BCUT2D eigenvalue weighted by Gasteiger charge is 2.05. The number of hydrogen-bond donors (Lipinski definition) is 1. The zero-order valence-corrected chi connectivity index (χ0v) is 12.4. The Morgan fingerprint density at radius 1 is 1.19 bits per heavy atom. The average molecular weight is 282 g/mol. The van der Waals surface area contributed by atoms with Crippen LogP contribution in [0.2, 0.25) is 0 Å². The van der Waals surface area contributed by atoms with Crippen LogP contribution in [0.5, 0.6) is 5.75 Å². The zero-order chi connectivity index (χ0) is 15.2. The van der Waals surface area contributed by atoms with Crippen molar-refractivity contribution in [1.29, 1.82) is 0 Å². The van der Waals surface area contributed by atoms with Crippen molar-refractivity contribution in [1.82, 2.24) is 5.43 Å². The topological polar surface area (TPSA) is 50.7 Å². The Hall–Kier alpha value is -2.62. The van der Waals surface area contributed by atoms with Gasteiger partial charge in [0.2, 0.25) is 0 Å². The number of rotatable bonds is 4. The number of aryl methyl sites for hydroxylation is 2. The molecule has 2 aromatic carbocycles. The molecular formula is C17H18N2O2. The van der Waals surface area contributed by atoms with E-state index in [-0.39, 0.29) is 5.91 Å². The Morgan fingerprint density at radius 2 is 2.00 bits per heavy atom. The molecule has 0 unspecified atom stereocenters. The van der Waals surface area contributed by atoms with Gasteiger partial charge in [0.25, 0.3) is 5.91 Å². The first-order chi connectivity index (χ1) is 10.1. The summed E-state index contributed by atoms with van der Waals surface area (Å²) in [7, 11) is 1.57. The van der Waals surface area contributed by atoms with Crippen LogP contribution in [0, 0.1) is 13.8 Å². The van der Waals surface area contributed by atoms with E-state index in [1.807, 2.05) is 32.0 Å². The number of carbonyl (C=O) groups excluding carboxylic acids is 1. The second-order valence-electron chi connectivity index (χ2n) is 4.79. The van der Waals surface area contributed by atoms with E-state index in [9.17, 15) is 4.79 Å². The lowest BCUT2D eigenvalue weighted by Crippen LogP contribution is -2.17. The van der Waals surface area contributed by atoms with Gasteiger partial charge in [-0.2, -0.15) is 5.10 Å². The highest BCUT2D eigenvalue weighted by Crippen LogP contribution is 2.12. The maximum Gasteiger partial charge on any atom is 0.271 e. The van der Waals surface area contributed by atoms with Crippen LogP contribution in [0.25, 0.3) is 0 Å². The Kier molecular flexibility index (Phi) is 4.72. The Bertz CT molecular complexity index is 678. The number of nitrogens with one attached hydrogen (secondary N) is 1. The molecule has 0 saturated carbocycles. The van der Waals surface area contributed by atoms with Crippen LogP contribution in [-0.4, -0.2) is 19.2 Å². The van der Waals surface area contributed by atoms with Gasteiger partial charge in [-0.3, -0.25) is 4.79 Å². The lowest BCUT2D eigenvalue weighted by Gasteiger charge is -2.04. The highest BCUT2D eigenvalue weighted by atomic mass is 16.5. The summed E-state index contributed by atoms with van der Waals surface area (Å²) < 4.78 is 5.09. The lowest BCUT2D eigenvalue weighted by atomic mass is 10.1. The maximum absolute atomic E-state index is 12.0. The molecule has 1 amide bonds. The molecule has 4 heteroatoms. The number of ether oxygens (including phenoxy) is 1. The summed E-state index contributed by atoms with van der Waals surface area (Å²) in [6.07, 6.45) is 1.65. The molecule has 0 aliphatic heterocycles. The average Bonchev–Trinajstić information content (AvgIpc) is 2.50. The first kappa shape index (κ1) is 14.8. The predicted octanol–water partition coefficient (Wildman–Crippen LogP) is 3.08. The second-order valence-corrected chi connectivity index (χ2v) is 4.79. The van der Waals surface area contributed by atoms with Gasteiger partial charge in [-0.05, 0) is 43.2 Å². The highest BCUT2D eigenvalue weighted by molar-refractivity contribution is 5.95. The quantitative estimate of drug-likeness (QED) is 0.692. The molecule has 0 radical (unpaired) electrons. The zero-order valence-electron chi connectivity index (χ0n) is 12.4. The number of hydrazone groups is 1. The smallest absolute Gasteiger partial charge is 0.271 e. The number of nitrogens with zero attached hydrogens (tertiary/aromatic N) is 1. The van der Waals surface area contributed by atoms with Crippen LogP contribution in [0.3, 0.4) is 0 Å². The molecule has 0 heterocycles. The molecule has 0 aliphatic rings. The fraction of sp³-hybridized carbons (Fsp3) is 0.176. The molecule has 1 N–H and O–H groups in total. The standard InChI is InChI=1S/C17H18N2O2/c1-12-7-8-13(2)15(9-12)11-18-19-17(20)14-5-4-6-16(10-14)21-3/h4-11H,1-3H3,(H,19,20)/b18-11-. The van der Waals surface area contributed by atoms with Gasteiger partial charge in [0.1, 0.15) is 5.75 Å². The summed E-state index contributed by atoms with van der Waals surface area (Å²) in [5.41, 5.74) is 6.28. The van der Waals surface area contributed by atoms with Crippen molar-refractivity contribution in [2.24, 2.45) is 5.10 Å². The minimum Gasteiger partial charge on any atom is -0.497 e. The Labute approximate surface area is 124 Å². The maximum atomic E-state index is 12.0. The van der Waals surface area contributed by atoms with Crippen molar-refractivity contribution in [2.75, 3.05) is 7.11 Å². The number of carbonyl (C=O) groups is 1. The summed E-state index contributed by atoms with van der Waals surface area (Å²) in [5, 5.41) is 4.01. The summed E-state index contributed by atoms with van der Waals surface area (Å²) >= 11 is 0. The van der Waals surface area contributed by atoms with Crippen LogP contribution >= 0.6 is 0 Å². The van der Waals surface area contributed by atoms with Crippen LogP contribution in [-0.2, 0) is 0 Å². The molecule has 0 atom stereocenters. The Morgan fingerprint density at radius 3 is 2.76 bits per heavy atom. The molecule has 21 heavy (non-hydrogen) atoms. The normalized spacial score (nSPS) is 10.6. The van der Waals surface area contributed by atoms with Gasteiger partial charge in [-0.15, -0.1) is 0 Å². The SMILES string of the molecule is COc1cccc(C(=O)N/N=C\c2cc(C)ccc2C)c1.